The third kappa shape index (κ3) is 1320. The fourth-order valence-corrected chi connectivity index (χ4v) is 0. The van der Waals surface area contributed by atoms with E-state index in [1.807, 2.05) is 0 Å². The number of hydrogen-bond acceptors (Lipinski definition) is 0. The molecular formula is C36H114Y10-10. The molecule has 4 radical (unpaired) electrons. The zero-order valence-electron chi connectivity index (χ0n) is 34.5. The Balaban J connectivity index is -0.00000000000529. The second-order valence-electron chi connectivity index (χ2n) is 0. The van der Waals surface area contributed by atoms with E-state index in [-0.39, 0.29) is 580 Å². The van der Waals surface area contributed by atoms with E-state index >= 15 is 0 Å². The first kappa shape index (κ1) is 1240. The first-order valence-electron chi connectivity index (χ1n) is 0.707. The van der Waals surface area contributed by atoms with Crippen LogP contribution in [0.4, 0.5) is 0 Å². The maximum atomic E-state index is 3.25. The van der Waals surface area contributed by atoms with Gasteiger partial charge in [0.1, 0.15) is 0 Å². The van der Waals surface area contributed by atoms with E-state index in [1.165, 1.54) is 0 Å². The van der Waals surface area contributed by atoms with Gasteiger partial charge in [-0.1, -0.05) is 52.0 Å². The molecule has 0 aromatic rings. The van der Waals surface area contributed by atoms with E-state index in [9.17, 15) is 0 Å². The fourth-order valence-electron chi connectivity index (χ4n) is 0. The van der Waals surface area contributed by atoms with Gasteiger partial charge >= 0.3 is 196 Å². The Morgan fingerprint density at radius 3 is 0.152 bits per heavy atom. The van der Waals surface area contributed by atoms with Crippen molar-refractivity contribution < 1.29 is 327 Å². The summed E-state index contributed by atoms with van der Waals surface area (Å²) >= 11 is 0. The molecule has 0 spiro atoms. The molecule has 298 valence electrons. The van der Waals surface area contributed by atoms with E-state index in [2.05, 4.69) is 6.92 Å². The molecule has 0 aliphatic carbocycles. The van der Waals surface area contributed by atoms with Crippen molar-refractivity contribution in [1.82, 2.24) is 0 Å². The molecule has 0 unspecified atom stereocenters. The average Bonchev–Trinajstić information content (AvgIpc) is 1.00. The van der Waals surface area contributed by atoms with Crippen LogP contribution in [0.15, 0.2) is 0 Å². The van der Waals surface area contributed by atoms with Gasteiger partial charge in [-0.15, -0.1) is 0 Å². The van der Waals surface area contributed by atoms with Crippen LogP contribution in [0, 0.1) is 207 Å². The third-order valence-corrected chi connectivity index (χ3v) is 0. The molecule has 0 nitrogen and oxygen atoms in total. The molecule has 0 saturated carbocycles. The van der Waals surface area contributed by atoms with Gasteiger partial charge in [0.15, 0.2) is 0 Å². The Morgan fingerprint density at radius 1 is 0.152 bits per heavy atom. The fraction of sp³-hybridized carbons (Fsp3) is 0.222. The summed E-state index contributed by atoms with van der Waals surface area (Å²) in [7, 11) is 0. The topological polar surface area (TPSA) is 0 Å². The Hall–Kier alpha value is 11.0. The van der Waals surface area contributed by atoms with E-state index < -0.39 is 0 Å². The van der Waals surface area contributed by atoms with E-state index in [0.717, 1.165) is 0 Å². The predicted octanol–water partition coefficient (Wildman–Crippen LogP) is 17.4. The second-order valence-corrected chi connectivity index (χ2v) is 0. The molecule has 0 aromatic carbocycles. The van der Waals surface area contributed by atoms with Crippen LogP contribution in [0.3, 0.4) is 0 Å². The van der Waals surface area contributed by atoms with Gasteiger partial charge in [0.25, 0.3) is 0 Å². The monoisotopic (exact) mass is 1440 g/mol. The number of rotatable bonds is 0. The maximum absolute atomic E-state index is 3.25. The van der Waals surface area contributed by atoms with Crippen molar-refractivity contribution in [1.29, 1.82) is 0 Å². The zero-order chi connectivity index (χ0) is 2.00. The summed E-state index contributed by atoms with van der Waals surface area (Å²) in [5, 5.41) is 0. The molecule has 0 aliphatic rings. The average molecular weight is 1440 g/mol. The molecule has 0 atom stereocenters. The molecule has 0 N–H and O–H groups in total. The van der Waals surface area contributed by atoms with Gasteiger partial charge < -0.3 is 207 Å². The van der Waals surface area contributed by atoms with Crippen molar-refractivity contribution in [2.75, 3.05) is 0 Å². The van der Waals surface area contributed by atoms with Crippen molar-refractivity contribution in [2.45, 2.75) is 58.9 Å². The van der Waals surface area contributed by atoms with E-state index in [0.29, 0.717) is 0 Å². The standard InChI is InChI=1S/C2H5.7CH4.27CH3.10Y/c1-2;;;;;;;;;;;;;;;;;;;;;;;;;;;;;;;;;;;;;;;;;;;;/h1H2,2H3;7*1H4;27*1H3;;;;;;;;;;/q-1;;;;;;;;27*-1;;;;;6*+3. The summed E-state index contributed by atoms with van der Waals surface area (Å²) in [5.41, 5.74) is 0. The van der Waals surface area contributed by atoms with E-state index in [4.69, 9.17) is 0 Å². The molecular weight excluding hydrogens is 1320 g/mol. The zero-order valence-corrected chi connectivity index (χ0v) is 62.9. The van der Waals surface area contributed by atoms with Crippen LogP contribution < -0.4 is 0 Å². The maximum Gasteiger partial charge on any atom is 3.00 e. The normalized spacial score (nSPS) is 0.130. The minimum atomic E-state index is 0. The van der Waals surface area contributed by atoms with Crippen LogP contribution in [-0.4, -0.2) is 0 Å². The SMILES string of the molecule is C.C.C.C.C.C.C.[CH2-]C.[CH3-].[CH3-].[CH3-].[CH3-].[CH3-].[CH3-].[CH3-].[CH3-].[CH3-].[CH3-].[CH3-].[CH3-].[CH3-].[CH3-].[CH3-].[CH3-].[CH3-].[CH3-].[CH3-].[CH3-].[CH3-].[CH3-].[CH3-].[CH3-].[CH3-].[CH3-].[CH3-].[Y+3].[Y+3].[Y+3].[Y+3].[Y+3].[Y+3].[Y].[Y].[Y].[Y]. The van der Waals surface area contributed by atoms with Crippen LogP contribution in [0.2, 0.25) is 0 Å². The van der Waals surface area contributed by atoms with Crippen molar-refractivity contribution in [3.8, 4) is 0 Å². The minimum absolute atomic E-state index is 0. The summed E-state index contributed by atoms with van der Waals surface area (Å²) < 4.78 is 0. The van der Waals surface area contributed by atoms with Crippen LogP contribution >= 0.6 is 0 Å². The first-order valence-corrected chi connectivity index (χ1v) is 0.707. The molecule has 46 heavy (non-hydrogen) atoms. The largest absolute Gasteiger partial charge is 3.00 e. The molecule has 0 rings (SSSR count). The third-order valence-electron chi connectivity index (χ3n) is 0. The van der Waals surface area contributed by atoms with E-state index in [1.54, 1.807) is 6.92 Å². The van der Waals surface area contributed by atoms with Gasteiger partial charge in [0, 0.05) is 131 Å². The Bertz CT molecular complexity index is 34.7. The summed E-state index contributed by atoms with van der Waals surface area (Å²) in [6.07, 6.45) is 0. The predicted molar refractivity (Wildman–Crippen MR) is 231 cm³/mol. The van der Waals surface area contributed by atoms with Crippen LogP contribution in [-0.2, 0) is 327 Å². The molecule has 0 saturated heterocycles. The Labute approximate surface area is 580 Å². The molecule has 0 fully saturated rings. The number of hydrogen-bond donors (Lipinski definition) is 0. The van der Waals surface area contributed by atoms with Crippen LogP contribution in [0.25, 0.3) is 0 Å². The molecule has 0 bridgehead atoms. The van der Waals surface area contributed by atoms with Gasteiger partial charge in [-0.25, -0.2) is 0 Å². The van der Waals surface area contributed by atoms with Crippen molar-refractivity contribution in [3.63, 3.8) is 0 Å². The summed E-state index contributed by atoms with van der Waals surface area (Å²) in [5.74, 6) is 0. The molecule has 0 aliphatic heterocycles. The van der Waals surface area contributed by atoms with Crippen molar-refractivity contribution in [2.24, 2.45) is 0 Å². The van der Waals surface area contributed by atoms with Gasteiger partial charge in [-0.2, -0.15) is 6.92 Å². The van der Waals surface area contributed by atoms with Gasteiger partial charge in [-0.3, -0.25) is 0 Å². The van der Waals surface area contributed by atoms with Crippen molar-refractivity contribution >= 4 is 0 Å². The summed E-state index contributed by atoms with van der Waals surface area (Å²) in [6.45, 7) is 5.00. The quantitative estimate of drug-likeness (QED) is 0.212. The second kappa shape index (κ2) is 1390. The smallest absolute Gasteiger partial charge is 0.358 e. The van der Waals surface area contributed by atoms with Gasteiger partial charge in [0.05, 0.1) is 0 Å². The molecule has 0 amide bonds. The molecule has 10 heteroatoms. The van der Waals surface area contributed by atoms with Crippen LogP contribution in [0.5, 0.6) is 0 Å². The van der Waals surface area contributed by atoms with Crippen LogP contribution in [0.1, 0.15) is 58.9 Å². The minimum Gasteiger partial charge on any atom is -0.358 e. The Morgan fingerprint density at radius 2 is 0.152 bits per heavy atom. The summed E-state index contributed by atoms with van der Waals surface area (Å²) in [4.78, 5) is 0. The first-order chi connectivity index (χ1) is 1.00. The molecule has 0 heterocycles. The Kier molecular flexibility index (Phi) is 37400. The van der Waals surface area contributed by atoms with Gasteiger partial charge in [-0.05, 0) is 0 Å². The summed E-state index contributed by atoms with van der Waals surface area (Å²) in [6, 6.07) is 0. The molecule has 0 aromatic heterocycles. The van der Waals surface area contributed by atoms with Crippen molar-refractivity contribution in [3.05, 3.63) is 207 Å². The van der Waals surface area contributed by atoms with Gasteiger partial charge in [0.2, 0.25) is 0 Å².